The number of hydrogen-bond acceptors (Lipinski definition) is 3. The fraction of sp³-hybridized carbons (Fsp3) is 0.833. The summed E-state index contributed by atoms with van der Waals surface area (Å²) in [4.78, 5) is 2.06. The Balaban J connectivity index is 3.71. The smallest absolute Gasteiger partial charge is 0.152 e. The molecule has 1 atom stereocenters. The van der Waals surface area contributed by atoms with Crippen LogP contribution in [-0.2, 0) is 0 Å². The Morgan fingerprint density at radius 1 is 1.70 bits per heavy atom. The molecule has 0 aliphatic rings. The number of nitrogens with two attached hydrogens (primary N) is 1. The number of hydrogen-bond donors (Lipinski definition) is 2. The first kappa shape index (κ1) is 9.78. The molecule has 0 aromatic rings. The van der Waals surface area contributed by atoms with Gasteiger partial charge >= 0.3 is 0 Å². The summed E-state index contributed by atoms with van der Waals surface area (Å²) < 4.78 is 0. The molecule has 0 rings (SSSR count). The van der Waals surface area contributed by atoms with Crippen molar-refractivity contribution in [3.05, 3.63) is 0 Å². The lowest BCUT2D eigenvalue weighted by Crippen LogP contribution is -2.26. The van der Waals surface area contributed by atoms with Crippen LogP contribution in [0.25, 0.3) is 0 Å². The van der Waals surface area contributed by atoms with E-state index >= 15 is 0 Å². The van der Waals surface area contributed by atoms with Gasteiger partial charge < -0.3 is 5.73 Å². The van der Waals surface area contributed by atoms with Gasteiger partial charge in [-0.15, -0.1) is 0 Å². The third-order valence-corrected chi connectivity index (χ3v) is 2.47. The van der Waals surface area contributed by atoms with E-state index < -0.39 is 0 Å². The minimum Gasteiger partial charge on any atom is -0.379 e. The van der Waals surface area contributed by atoms with Gasteiger partial charge in [-0.3, -0.25) is 10.3 Å². The van der Waals surface area contributed by atoms with Gasteiger partial charge in [-0.05, 0) is 20.5 Å². The van der Waals surface area contributed by atoms with E-state index in [0.29, 0.717) is 5.37 Å². The maximum Gasteiger partial charge on any atom is 0.152 e. The molecule has 1 unspecified atom stereocenters. The Labute approximate surface area is 66.5 Å². The van der Waals surface area contributed by atoms with Crippen LogP contribution in [0.4, 0.5) is 0 Å². The zero-order valence-electron chi connectivity index (χ0n) is 6.72. The third-order valence-electron chi connectivity index (χ3n) is 1.19. The van der Waals surface area contributed by atoms with E-state index in [1.165, 1.54) is 11.8 Å². The summed E-state index contributed by atoms with van der Waals surface area (Å²) in [5, 5.41) is 7.58. The molecule has 0 amide bonds. The second kappa shape index (κ2) is 4.57. The van der Waals surface area contributed by atoms with E-state index in [1.54, 1.807) is 0 Å². The molecule has 0 spiro atoms. The van der Waals surface area contributed by atoms with Gasteiger partial charge in [0.05, 0.1) is 5.37 Å². The zero-order chi connectivity index (χ0) is 8.15. The minimum absolute atomic E-state index is 0.195. The quantitative estimate of drug-likeness (QED) is 0.367. The Morgan fingerprint density at radius 3 is 2.30 bits per heavy atom. The number of amidine groups is 1. The second-order valence-corrected chi connectivity index (χ2v) is 3.53. The van der Waals surface area contributed by atoms with Crippen molar-refractivity contribution in [2.75, 3.05) is 14.1 Å². The first-order valence-electron chi connectivity index (χ1n) is 3.25. The monoisotopic (exact) mass is 161 g/mol. The third kappa shape index (κ3) is 3.74. The number of nitrogens with zero attached hydrogens (tertiary/aromatic N) is 1. The summed E-state index contributed by atoms with van der Waals surface area (Å²) in [7, 11) is 3.98. The van der Waals surface area contributed by atoms with Gasteiger partial charge in [-0.1, -0.05) is 18.7 Å². The average molecular weight is 161 g/mol. The SMILES string of the molecule is CCC(SC(=N)N)N(C)C. The van der Waals surface area contributed by atoms with Crippen LogP contribution in [0.2, 0.25) is 0 Å². The van der Waals surface area contributed by atoms with Crippen molar-refractivity contribution in [3.8, 4) is 0 Å². The van der Waals surface area contributed by atoms with Gasteiger partial charge in [0.2, 0.25) is 0 Å². The average Bonchev–Trinajstić information content (AvgIpc) is 1.81. The van der Waals surface area contributed by atoms with E-state index in [4.69, 9.17) is 11.1 Å². The van der Waals surface area contributed by atoms with Crippen molar-refractivity contribution in [1.29, 1.82) is 5.41 Å². The van der Waals surface area contributed by atoms with E-state index in [0.717, 1.165) is 6.42 Å². The maximum atomic E-state index is 7.04. The number of rotatable bonds is 3. The molecular weight excluding hydrogens is 146 g/mol. The van der Waals surface area contributed by atoms with E-state index in [9.17, 15) is 0 Å². The fourth-order valence-electron chi connectivity index (χ4n) is 0.700. The normalized spacial score (nSPS) is 13.6. The van der Waals surface area contributed by atoms with Crippen molar-refractivity contribution in [3.63, 3.8) is 0 Å². The predicted octanol–water partition coefficient (Wildman–Crippen LogP) is 0.911. The van der Waals surface area contributed by atoms with Gasteiger partial charge in [-0.25, -0.2) is 0 Å². The summed E-state index contributed by atoms with van der Waals surface area (Å²) in [6, 6.07) is 0. The molecule has 4 heteroatoms. The van der Waals surface area contributed by atoms with Gasteiger partial charge in [0, 0.05) is 0 Å². The molecule has 0 radical (unpaired) electrons. The Bertz CT molecular complexity index is 114. The Kier molecular flexibility index (Phi) is 4.47. The van der Waals surface area contributed by atoms with E-state index in [1.807, 2.05) is 14.1 Å². The first-order valence-corrected chi connectivity index (χ1v) is 4.13. The lowest BCUT2D eigenvalue weighted by Gasteiger charge is -2.20. The van der Waals surface area contributed by atoms with Gasteiger partial charge in [0.1, 0.15) is 0 Å². The molecule has 0 aromatic heterocycles. The molecule has 0 saturated carbocycles. The van der Waals surface area contributed by atoms with Crippen LogP contribution in [0.5, 0.6) is 0 Å². The molecule has 0 saturated heterocycles. The van der Waals surface area contributed by atoms with Crippen LogP contribution < -0.4 is 5.73 Å². The molecule has 10 heavy (non-hydrogen) atoms. The molecule has 0 fully saturated rings. The highest BCUT2D eigenvalue weighted by atomic mass is 32.2. The van der Waals surface area contributed by atoms with E-state index in [2.05, 4.69) is 11.8 Å². The largest absolute Gasteiger partial charge is 0.379 e. The molecule has 0 aromatic carbocycles. The van der Waals surface area contributed by atoms with Crippen molar-refractivity contribution in [2.45, 2.75) is 18.7 Å². The highest BCUT2D eigenvalue weighted by molar-refractivity contribution is 8.14. The van der Waals surface area contributed by atoms with Gasteiger partial charge in [0.15, 0.2) is 5.17 Å². The van der Waals surface area contributed by atoms with Crippen molar-refractivity contribution < 1.29 is 0 Å². The minimum atomic E-state index is 0.195. The van der Waals surface area contributed by atoms with Gasteiger partial charge in [-0.2, -0.15) is 0 Å². The second-order valence-electron chi connectivity index (χ2n) is 2.31. The number of thioether (sulfide) groups is 1. The highest BCUT2D eigenvalue weighted by Gasteiger charge is 2.09. The summed E-state index contributed by atoms with van der Waals surface area (Å²) in [5.74, 6) is 0. The zero-order valence-corrected chi connectivity index (χ0v) is 7.53. The van der Waals surface area contributed by atoms with Crippen LogP contribution in [-0.4, -0.2) is 29.5 Å². The lowest BCUT2D eigenvalue weighted by atomic mass is 10.4. The van der Waals surface area contributed by atoms with Crippen LogP contribution >= 0.6 is 11.8 Å². The summed E-state index contributed by atoms with van der Waals surface area (Å²) in [6.45, 7) is 2.08. The Hall–Kier alpha value is -0.220. The number of nitrogens with one attached hydrogen (secondary N) is 1. The molecule has 0 bridgehead atoms. The van der Waals surface area contributed by atoms with Crippen LogP contribution in [0.15, 0.2) is 0 Å². The molecule has 0 heterocycles. The summed E-state index contributed by atoms with van der Waals surface area (Å²) in [5.41, 5.74) is 5.23. The highest BCUT2D eigenvalue weighted by Crippen LogP contribution is 2.14. The molecule has 3 nitrogen and oxygen atoms in total. The molecule has 3 N–H and O–H groups in total. The fourth-order valence-corrected chi connectivity index (χ4v) is 1.37. The van der Waals surface area contributed by atoms with Crippen LogP contribution in [0.1, 0.15) is 13.3 Å². The maximum absolute atomic E-state index is 7.04. The first-order chi connectivity index (χ1) is 4.57. The standard InChI is InChI=1S/C6H15N3S/c1-4-5(9(2)3)10-6(7)8/h5H,4H2,1-3H3,(H3,7,8). The van der Waals surface area contributed by atoms with Crippen LogP contribution in [0, 0.1) is 5.41 Å². The van der Waals surface area contributed by atoms with Crippen LogP contribution in [0.3, 0.4) is 0 Å². The van der Waals surface area contributed by atoms with Crippen molar-refractivity contribution in [2.24, 2.45) is 5.73 Å². The molecule has 0 aliphatic carbocycles. The predicted molar refractivity (Wildman–Crippen MR) is 47.3 cm³/mol. The molecular formula is C6H15N3S. The van der Waals surface area contributed by atoms with Gasteiger partial charge in [0.25, 0.3) is 0 Å². The molecule has 0 aliphatic heterocycles. The van der Waals surface area contributed by atoms with E-state index in [-0.39, 0.29) is 5.17 Å². The lowest BCUT2D eigenvalue weighted by molar-refractivity contribution is 0.377. The summed E-state index contributed by atoms with van der Waals surface area (Å²) >= 11 is 1.39. The Morgan fingerprint density at radius 2 is 2.20 bits per heavy atom. The summed E-state index contributed by atoms with van der Waals surface area (Å²) in [6.07, 6.45) is 1.01. The van der Waals surface area contributed by atoms with Crippen molar-refractivity contribution in [1.82, 2.24) is 4.90 Å². The van der Waals surface area contributed by atoms with Crippen molar-refractivity contribution >= 4 is 16.9 Å². The molecule has 60 valence electrons. The topological polar surface area (TPSA) is 53.1 Å².